The number of hydrogen-bond acceptors (Lipinski definition) is 4. The van der Waals surface area contributed by atoms with E-state index in [4.69, 9.17) is 21.1 Å². The first-order valence-electron chi connectivity index (χ1n) is 5.86. The second-order valence-electron chi connectivity index (χ2n) is 3.72. The van der Waals surface area contributed by atoms with Gasteiger partial charge in [-0.05, 0) is 38.1 Å². The van der Waals surface area contributed by atoms with Gasteiger partial charge in [-0.25, -0.2) is 4.79 Å². The number of hydrogen-bond donors (Lipinski definition) is 1. The van der Waals surface area contributed by atoms with Crippen LogP contribution in [0.4, 0.5) is 5.69 Å². The van der Waals surface area contributed by atoms with Crippen molar-refractivity contribution < 1.29 is 19.1 Å². The minimum Gasteiger partial charge on any atom is -0.479 e. The molecule has 0 aliphatic carbocycles. The molecule has 0 aliphatic heterocycles. The molecule has 0 bridgehead atoms. The van der Waals surface area contributed by atoms with Crippen LogP contribution in [0.15, 0.2) is 24.3 Å². The van der Waals surface area contributed by atoms with Gasteiger partial charge in [-0.3, -0.25) is 4.79 Å². The zero-order chi connectivity index (χ0) is 14.3. The van der Waals surface area contributed by atoms with E-state index in [1.807, 2.05) is 0 Å². The maximum absolute atomic E-state index is 11.4. The van der Waals surface area contributed by atoms with Gasteiger partial charge in [-0.1, -0.05) is 0 Å². The molecule has 19 heavy (non-hydrogen) atoms. The summed E-state index contributed by atoms with van der Waals surface area (Å²) in [7, 11) is 0. The van der Waals surface area contributed by atoms with E-state index in [2.05, 4.69) is 5.32 Å². The minimum absolute atomic E-state index is 0.0991. The number of rotatable bonds is 6. The lowest BCUT2D eigenvalue weighted by Crippen LogP contribution is -2.26. The van der Waals surface area contributed by atoms with E-state index in [1.54, 1.807) is 38.1 Å². The number of halogens is 1. The van der Waals surface area contributed by atoms with Gasteiger partial charge < -0.3 is 14.8 Å². The lowest BCUT2D eigenvalue weighted by Gasteiger charge is -2.13. The zero-order valence-corrected chi connectivity index (χ0v) is 11.6. The van der Waals surface area contributed by atoms with Crippen molar-refractivity contribution in [1.82, 2.24) is 0 Å². The molecule has 1 rings (SSSR count). The van der Waals surface area contributed by atoms with Gasteiger partial charge in [-0.15, -0.1) is 11.6 Å². The van der Waals surface area contributed by atoms with Crippen LogP contribution >= 0.6 is 11.6 Å². The molecule has 0 fully saturated rings. The van der Waals surface area contributed by atoms with Gasteiger partial charge in [0.1, 0.15) is 11.6 Å². The number of alkyl halides is 1. The molecule has 0 saturated heterocycles. The molecule has 0 aliphatic rings. The maximum atomic E-state index is 11.4. The Labute approximate surface area is 116 Å². The van der Waals surface area contributed by atoms with Crippen molar-refractivity contribution in [2.75, 3.05) is 17.8 Å². The lowest BCUT2D eigenvalue weighted by atomic mass is 10.3. The van der Waals surface area contributed by atoms with Crippen molar-refractivity contribution in [3.8, 4) is 5.75 Å². The van der Waals surface area contributed by atoms with Gasteiger partial charge >= 0.3 is 5.97 Å². The highest BCUT2D eigenvalue weighted by atomic mass is 35.5. The Bertz CT molecular complexity index is 433. The van der Waals surface area contributed by atoms with E-state index in [0.29, 0.717) is 18.0 Å². The number of carbonyl (C=O) groups is 2. The van der Waals surface area contributed by atoms with Crippen molar-refractivity contribution in [3.63, 3.8) is 0 Å². The fraction of sp³-hybridized carbons (Fsp3) is 0.385. The van der Waals surface area contributed by atoms with Crippen molar-refractivity contribution in [1.29, 1.82) is 0 Å². The Balaban J connectivity index is 2.56. The van der Waals surface area contributed by atoms with Gasteiger partial charge in [0.15, 0.2) is 6.10 Å². The number of anilines is 1. The summed E-state index contributed by atoms with van der Waals surface area (Å²) < 4.78 is 10.2. The number of amides is 1. The van der Waals surface area contributed by atoms with E-state index >= 15 is 0 Å². The highest BCUT2D eigenvalue weighted by Gasteiger charge is 2.15. The molecule has 0 radical (unpaired) electrons. The molecule has 0 heterocycles. The third-order valence-corrected chi connectivity index (χ3v) is 2.43. The van der Waals surface area contributed by atoms with E-state index in [1.165, 1.54) is 0 Å². The summed E-state index contributed by atoms with van der Waals surface area (Å²) in [6.07, 6.45) is -0.678. The van der Waals surface area contributed by atoms with Gasteiger partial charge in [0.05, 0.1) is 6.61 Å². The molecule has 1 amide bonds. The van der Waals surface area contributed by atoms with Crippen molar-refractivity contribution >= 4 is 29.2 Å². The average Bonchev–Trinajstić information content (AvgIpc) is 2.41. The van der Waals surface area contributed by atoms with Gasteiger partial charge in [-0.2, -0.15) is 0 Å². The summed E-state index contributed by atoms with van der Waals surface area (Å²) in [5.41, 5.74) is 0.613. The molecule has 6 heteroatoms. The highest BCUT2D eigenvalue weighted by Crippen LogP contribution is 2.17. The first-order chi connectivity index (χ1) is 9.06. The third-order valence-electron chi connectivity index (χ3n) is 2.19. The quantitative estimate of drug-likeness (QED) is 0.643. The molecule has 1 aromatic rings. The normalized spacial score (nSPS) is 11.5. The predicted molar refractivity (Wildman–Crippen MR) is 72.5 cm³/mol. The number of ether oxygens (including phenoxy) is 2. The summed E-state index contributed by atoms with van der Waals surface area (Å²) in [6, 6.07) is 6.63. The molecule has 1 aromatic carbocycles. The van der Waals surface area contributed by atoms with Gasteiger partial charge in [0.2, 0.25) is 5.91 Å². The van der Waals surface area contributed by atoms with Crippen molar-refractivity contribution in [2.24, 2.45) is 0 Å². The second kappa shape index (κ2) is 7.63. The average molecular weight is 286 g/mol. The van der Waals surface area contributed by atoms with Crippen LogP contribution in [0.25, 0.3) is 0 Å². The molecular weight excluding hydrogens is 270 g/mol. The standard InChI is InChI=1S/C13H16ClNO4/c1-3-18-13(17)9(2)19-11-6-4-10(5-7-11)15-12(16)8-14/h4-7,9H,3,8H2,1-2H3,(H,15,16)/t9-/m0/s1. The van der Waals surface area contributed by atoms with E-state index in [9.17, 15) is 9.59 Å². The summed E-state index contributed by atoms with van der Waals surface area (Å²) in [5.74, 6) is -0.278. The van der Waals surface area contributed by atoms with Gasteiger partial charge in [0.25, 0.3) is 0 Å². The molecule has 1 atom stereocenters. The monoisotopic (exact) mass is 285 g/mol. The SMILES string of the molecule is CCOC(=O)[C@H](C)Oc1ccc(NC(=O)CCl)cc1. The molecule has 0 unspecified atom stereocenters. The first-order valence-corrected chi connectivity index (χ1v) is 6.39. The zero-order valence-electron chi connectivity index (χ0n) is 10.8. The van der Waals surface area contributed by atoms with Crippen LogP contribution in [0.3, 0.4) is 0 Å². The van der Waals surface area contributed by atoms with Crippen molar-refractivity contribution in [2.45, 2.75) is 20.0 Å². The fourth-order valence-electron chi connectivity index (χ4n) is 1.32. The first kappa shape index (κ1) is 15.3. The molecular formula is C13H16ClNO4. The van der Waals surface area contributed by atoms with Crippen LogP contribution in [0, 0.1) is 0 Å². The molecule has 5 nitrogen and oxygen atoms in total. The summed E-state index contributed by atoms with van der Waals surface area (Å²) in [4.78, 5) is 22.4. The number of esters is 1. The van der Waals surface area contributed by atoms with E-state index in [0.717, 1.165) is 0 Å². The number of carbonyl (C=O) groups excluding carboxylic acids is 2. The van der Waals surface area contributed by atoms with Crippen LogP contribution in [0.5, 0.6) is 5.75 Å². The summed E-state index contributed by atoms with van der Waals surface area (Å²) in [6.45, 7) is 3.66. The van der Waals surface area contributed by atoms with E-state index < -0.39 is 12.1 Å². The molecule has 0 saturated carbocycles. The Morgan fingerprint density at radius 3 is 2.47 bits per heavy atom. The minimum atomic E-state index is -0.678. The Hall–Kier alpha value is -1.75. The second-order valence-corrected chi connectivity index (χ2v) is 3.99. The smallest absolute Gasteiger partial charge is 0.347 e. The molecule has 104 valence electrons. The largest absolute Gasteiger partial charge is 0.479 e. The maximum Gasteiger partial charge on any atom is 0.347 e. The predicted octanol–water partition coefficient (Wildman–Crippen LogP) is 2.19. The van der Waals surface area contributed by atoms with Crippen LogP contribution in [-0.4, -0.2) is 30.5 Å². The molecule has 1 N–H and O–H groups in total. The number of benzene rings is 1. The Morgan fingerprint density at radius 1 is 1.32 bits per heavy atom. The van der Waals surface area contributed by atoms with Gasteiger partial charge in [0, 0.05) is 5.69 Å². The van der Waals surface area contributed by atoms with E-state index in [-0.39, 0.29) is 11.8 Å². The van der Waals surface area contributed by atoms with Crippen LogP contribution < -0.4 is 10.1 Å². The van der Waals surface area contributed by atoms with Crippen LogP contribution in [-0.2, 0) is 14.3 Å². The Kier molecular flexibility index (Phi) is 6.15. The molecule has 0 aromatic heterocycles. The summed E-state index contributed by atoms with van der Waals surface area (Å²) in [5, 5.41) is 2.60. The highest BCUT2D eigenvalue weighted by molar-refractivity contribution is 6.29. The van der Waals surface area contributed by atoms with Crippen LogP contribution in [0.2, 0.25) is 0 Å². The van der Waals surface area contributed by atoms with Crippen molar-refractivity contribution in [3.05, 3.63) is 24.3 Å². The van der Waals surface area contributed by atoms with Crippen LogP contribution in [0.1, 0.15) is 13.8 Å². The summed E-state index contributed by atoms with van der Waals surface area (Å²) >= 11 is 5.38. The number of nitrogens with one attached hydrogen (secondary N) is 1. The molecule has 0 spiro atoms. The fourth-order valence-corrected chi connectivity index (χ4v) is 1.39. The lowest BCUT2D eigenvalue weighted by molar-refractivity contribution is -0.150. The topological polar surface area (TPSA) is 64.6 Å². The third kappa shape index (κ3) is 5.18. The Morgan fingerprint density at radius 2 is 1.95 bits per heavy atom.